The SMILES string of the molecule is Cc1ccc(NC(=O)C[NH+](C)CC(=O)NC(=O)NCC(C)C)cc1. The maximum Gasteiger partial charge on any atom is 0.321 e. The number of hydrogen-bond acceptors (Lipinski definition) is 3. The van der Waals surface area contributed by atoms with Gasteiger partial charge in [-0.05, 0) is 25.0 Å². The van der Waals surface area contributed by atoms with Gasteiger partial charge in [-0.15, -0.1) is 0 Å². The Hall–Kier alpha value is -2.41. The van der Waals surface area contributed by atoms with Gasteiger partial charge in [-0.25, -0.2) is 4.79 Å². The fraction of sp³-hybridized carbons (Fsp3) is 0.471. The third-order valence-corrected chi connectivity index (χ3v) is 3.18. The van der Waals surface area contributed by atoms with Crippen LogP contribution in [0.2, 0.25) is 0 Å². The average molecular weight is 335 g/mol. The Kier molecular flexibility index (Phi) is 7.91. The lowest BCUT2D eigenvalue weighted by molar-refractivity contribution is -0.862. The van der Waals surface area contributed by atoms with Gasteiger partial charge in [-0.2, -0.15) is 0 Å². The number of rotatable bonds is 7. The number of nitrogens with one attached hydrogen (secondary N) is 4. The molecule has 1 aromatic rings. The van der Waals surface area contributed by atoms with E-state index < -0.39 is 11.9 Å². The molecule has 0 radical (unpaired) electrons. The highest BCUT2D eigenvalue weighted by Gasteiger charge is 2.16. The molecule has 0 bridgehead atoms. The van der Waals surface area contributed by atoms with E-state index in [0.717, 1.165) is 11.3 Å². The zero-order valence-electron chi connectivity index (χ0n) is 14.7. The molecule has 0 saturated heterocycles. The van der Waals surface area contributed by atoms with Gasteiger partial charge in [0.2, 0.25) is 0 Å². The van der Waals surface area contributed by atoms with E-state index in [-0.39, 0.29) is 19.0 Å². The first-order valence-corrected chi connectivity index (χ1v) is 8.01. The molecule has 0 saturated carbocycles. The zero-order valence-corrected chi connectivity index (χ0v) is 14.7. The number of imide groups is 1. The predicted octanol–water partition coefficient (Wildman–Crippen LogP) is -0.0700. The van der Waals surface area contributed by atoms with Crippen molar-refractivity contribution in [2.75, 3.05) is 32.0 Å². The molecule has 4 N–H and O–H groups in total. The summed E-state index contributed by atoms with van der Waals surface area (Å²) < 4.78 is 0. The molecule has 132 valence electrons. The number of benzene rings is 1. The summed E-state index contributed by atoms with van der Waals surface area (Å²) in [7, 11) is 1.72. The molecule has 7 nitrogen and oxygen atoms in total. The molecular weight excluding hydrogens is 308 g/mol. The third-order valence-electron chi connectivity index (χ3n) is 3.18. The van der Waals surface area contributed by atoms with E-state index in [9.17, 15) is 14.4 Å². The van der Waals surface area contributed by atoms with E-state index in [1.54, 1.807) is 7.05 Å². The normalized spacial score (nSPS) is 11.7. The summed E-state index contributed by atoms with van der Waals surface area (Å²) in [5, 5.41) is 7.63. The molecule has 1 aromatic carbocycles. The van der Waals surface area contributed by atoms with Crippen LogP contribution in [0.25, 0.3) is 0 Å². The van der Waals surface area contributed by atoms with Gasteiger partial charge in [-0.3, -0.25) is 14.9 Å². The van der Waals surface area contributed by atoms with Gasteiger partial charge >= 0.3 is 6.03 Å². The Morgan fingerprint density at radius 1 is 1.04 bits per heavy atom. The molecule has 0 aromatic heterocycles. The van der Waals surface area contributed by atoms with Crippen molar-refractivity contribution in [3.63, 3.8) is 0 Å². The minimum Gasteiger partial charge on any atom is -0.338 e. The second kappa shape index (κ2) is 9.67. The van der Waals surface area contributed by atoms with Crippen LogP contribution in [0.5, 0.6) is 0 Å². The summed E-state index contributed by atoms with van der Waals surface area (Å²) in [6.45, 7) is 6.57. The van der Waals surface area contributed by atoms with Crippen LogP contribution in [0.15, 0.2) is 24.3 Å². The van der Waals surface area contributed by atoms with Crippen LogP contribution in [0.3, 0.4) is 0 Å². The number of urea groups is 1. The summed E-state index contributed by atoms with van der Waals surface area (Å²) in [4.78, 5) is 35.9. The molecular formula is C17H27N4O3+. The molecule has 1 rings (SSSR count). The minimum absolute atomic E-state index is 0.0381. The van der Waals surface area contributed by atoms with Crippen molar-refractivity contribution in [3.8, 4) is 0 Å². The van der Waals surface area contributed by atoms with Crippen molar-refractivity contribution in [1.82, 2.24) is 10.6 Å². The van der Waals surface area contributed by atoms with Crippen LogP contribution >= 0.6 is 0 Å². The number of hydrogen-bond donors (Lipinski definition) is 4. The molecule has 4 amide bonds. The van der Waals surface area contributed by atoms with Crippen molar-refractivity contribution in [2.45, 2.75) is 20.8 Å². The lowest BCUT2D eigenvalue weighted by atomic mass is 10.2. The molecule has 0 fully saturated rings. The highest BCUT2D eigenvalue weighted by molar-refractivity contribution is 5.95. The van der Waals surface area contributed by atoms with Crippen LogP contribution < -0.4 is 20.9 Å². The predicted molar refractivity (Wildman–Crippen MR) is 92.8 cm³/mol. The minimum atomic E-state index is -0.509. The third kappa shape index (κ3) is 8.28. The van der Waals surface area contributed by atoms with Crippen molar-refractivity contribution in [1.29, 1.82) is 0 Å². The highest BCUT2D eigenvalue weighted by atomic mass is 16.2. The lowest BCUT2D eigenvalue weighted by Gasteiger charge is -2.14. The van der Waals surface area contributed by atoms with Crippen LogP contribution in [-0.2, 0) is 9.59 Å². The van der Waals surface area contributed by atoms with Gasteiger partial charge in [0, 0.05) is 12.2 Å². The molecule has 0 spiro atoms. The molecule has 0 aliphatic rings. The van der Waals surface area contributed by atoms with E-state index in [1.165, 1.54) is 0 Å². The average Bonchev–Trinajstić information content (AvgIpc) is 2.47. The van der Waals surface area contributed by atoms with Crippen LogP contribution in [0.4, 0.5) is 10.5 Å². The van der Waals surface area contributed by atoms with E-state index in [1.807, 2.05) is 45.0 Å². The quantitative estimate of drug-likeness (QED) is 0.562. The summed E-state index contributed by atoms with van der Waals surface area (Å²) >= 11 is 0. The largest absolute Gasteiger partial charge is 0.338 e. The summed E-state index contributed by atoms with van der Waals surface area (Å²) in [5.74, 6) is -0.296. The second-order valence-electron chi connectivity index (χ2n) is 6.38. The van der Waals surface area contributed by atoms with Crippen LogP contribution in [-0.4, -0.2) is 44.5 Å². The van der Waals surface area contributed by atoms with Gasteiger partial charge in [0.1, 0.15) is 0 Å². The maximum atomic E-state index is 11.9. The smallest absolute Gasteiger partial charge is 0.321 e. The maximum absolute atomic E-state index is 11.9. The highest BCUT2D eigenvalue weighted by Crippen LogP contribution is 2.07. The molecule has 0 aliphatic heterocycles. The molecule has 1 atom stereocenters. The van der Waals surface area contributed by atoms with Crippen molar-refractivity contribution < 1.29 is 19.3 Å². The van der Waals surface area contributed by atoms with Gasteiger partial charge in [0.05, 0.1) is 7.05 Å². The van der Waals surface area contributed by atoms with E-state index in [2.05, 4.69) is 16.0 Å². The van der Waals surface area contributed by atoms with Crippen molar-refractivity contribution >= 4 is 23.5 Å². The number of carbonyl (C=O) groups excluding carboxylic acids is 3. The molecule has 0 heterocycles. The Bertz CT molecular complexity index is 570. The summed E-state index contributed by atoms with van der Waals surface area (Å²) in [6, 6.07) is 6.97. The first kappa shape index (κ1) is 19.6. The number of carbonyl (C=O) groups is 3. The van der Waals surface area contributed by atoms with Crippen LogP contribution in [0.1, 0.15) is 19.4 Å². The monoisotopic (exact) mass is 335 g/mol. The van der Waals surface area contributed by atoms with E-state index in [0.29, 0.717) is 17.4 Å². The number of anilines is 1. The lowest BCUT2D eigenvalue weighted by Crippen LogP contribution is -3.11. The second-order valence-corrected chi connectivity index (χ2v) is 6.38. The summed E-state index contributed by atoms with van der Waals surface area (Å²) in [6.07, 6.45) is 0. The Morgan fingerprint density at radius 3 is 2.21 bits per heavy atom. The zero-order chi connectivity index (χ0) is 18.1. The molecule has 7 heteroatoms. The fourth-order valence-corrected chi connectivity index (χ4v) is 1.96. The molecule has 1 unspecified atom stereocenters. The first-order chi connectivity index (χ1) is 11.3. The van der Waals surface area contributed by atoms with Gasteiger partial charge < -0.3 is 15.5 Å². The number of amides is 4. The number of aryl methyl sites for hydroxylation is 1. The van der Waals surface area contributed by atoms with Gasteiger partial charge in [-0.1, -0.05) is 31.5 Å². The standard InChI is InChI=1S/C17H26N4O3/c1-12(2)9-18-17(24)20-16(23)11-21(4)10-15(22)19-14-7-5-13(3)6-8-14/h5-8,12H,9-11H2,1-4H3,(H,19,22)(H2,18,20,23,24)/p+1. The van der Waals surface area contributed by atoms with Crippen molar-refractivity contribution in [2.24, 2.45) is 5.92 Å². The number of likely N-dealkylation sites (N-methyl/N-ethyl adjacent to an activating group) is 1. The van der Waals surface area contributed by atoms with Gasteiger partial charge in [0.25, 0.3) is 11.8 Å². The fourth-order valence-electron chi connectivity index (χ4n) is 1.96. The Labute approximate surface area is 142 Å². The first-order valence-electron chi connectivity index (χ1n) is 8.01. The van der Waals surface area contributed by atoms with E-state index in [4.69, 9.17) is 0 Å². The Balaban J connectivity index is 2.32. The topological polar surface area (TPSA) is 91.7 Å². The van der Waals surface area contributed by atoms with Crippen LogP contribution in [0, 0.1) is 12.8 Å². The Morgan fingerprint density at radius 2 is 1.62 bits per heavy atom. The van der Waals surface area contributed by atoms with Crippen molar-refractivity contribution in [3.05, 3.63) is 29.8 Å². The van der Waals surface area contributed by atoms with Gasteiger partial charge in [0.15, 0.2) is 13.1 Å². The number of quaternary nitrogens is 1. The van der Waals surface area contributed by atoms with E-state index >= 15 is 0 Å². The molecule has 24 heavy (non-hydrogen) atoms. The molecule has 0 aliphatic carbocycles. The summed E-state index contributed by atoms with van der Waals surface area (Å²) in [5.41, 5.74) is 1.83.